The third-order valence-electron chi connectivity index (χ3n) is 4.28. The first-order chi connectivity index (χ1) is 14.0. The van der Waals surface area contributed by atoms with Crippen molar-refractivity contribution >= 4 is 17.4 Å². The number of aromatic nitrogens is 2. The lowest BCUT2D eigenvalue weighted by molar-refractivity contribution is 0.102. The van der Waals surface area contributed by atoms with Gasteiger partial charge in [-0.2, -0.15) is 0 Å². The normalized spacial score (nSPS) is 10.6. The third-order valence-corrected chi connectivity index (χ3v) is 4.28. The summed E-state index contributed by atoms with van der Waals surface area (Å²) in [4.78, 5) is 23.3. The van der Waals surface area contributed by atoms with Crippen molar-refractivity contribution in [2.75, 3.05) is 16.8 Å². The van der Waals surface area contributed by atoms with Crippen molar-refractivity contribution in [2.24, 2.45) is 0 Å². The summed E-state index contributed by atoms with van der Waals surface area (Å²) < 4.78 is 5.61. The van der Waals surface area contributed by atoms with Gasteiger partial charge in [-0.25, -0.2) is 9.97 Å². The summed E-state index contributed by atoms with van der Waals surface area (Å²) in [7, 11) is 0. The fourth-order valence-corrected chi connectivity index (χ4v) is 2.84. The van der Waals surface area contributed by atoms with E-state index in [1.54, 1.807) is 18.3 Å². The minimum absolute atomic E-state index is 0.105. The maximum atomic E-state index is 12.5. The molecule has 3 aromatic rings. The van der Waals surface area contributed by atoms with Gasteiger partial charge in [-0.3, -0.25) is 4.79 Å². The monoisotopic (exact) mass is 390 g/mol. The van der Waals surface area contributed by atoms with Gasteiger partial charge in [0.25, 0.3) is 5.91 Å². The maximum absolute atomic E-state index is 12.5. The molecule has 0 spiro atoms. The van der Waals surface area contributed by atoms with Crippen LogP contribution in [0.4, 0.5) is 11.5 Å². The van der Waals surface area contributed by atoms with Gasteiger partial charge in [-0.05, 0) is 50.6 Å². The topological polar surface area (TPSA) is 67.4 Å². The van der Waals surface area contributed by atoms with Crippen molar-refractivity contribution in [1.82, 2.24) is 9.97 Å². The van der Waals surface area contributed by atoms with E-state index in [9.17, 15) is 4.79 Å². The lowest BCUT2D eigenvalue weighted by Crippen LogP contribution is -2.24. The van der Waals surface area contributed by atoms with Crippen molar-refractivity contribution < 1.29 is 9.53 Å². The number of nitrogens with zero attached hydrogens (tertiary/aromatic N) is 3. The lowest BCUT2D eigenvalue weighted by Gasteiger charge is -2.21. The number of hydrogen-bond donors (Lipinski definition) is 1. The first kappa shape index (κ1) is 20.3. The van der Waals surface area contributed by atoms with Gasteiger partial charge in [-0.1, -0.05) is 30.3 Å². The van der Waals surface area contributed by atoms with Gasteiger partial charge >= 0.3 is 0 Å². The second-order valence-electron chi connectivity index (χ2n) is 6.90. The van der Waals surface area contributed by atoms with Gasteiger partial charge in [-0.15, -0.1) is 0 Å². The van der Waals surface area contributed by atoms with Crippen LogP contribution in [-0.2, 0) is 6.54 Å². The summed E-state index contributed by atoms with van der Waals surface area (Å²) in [6.45, 7) is 7.54. The highest BCUT2D eigenvalue weighted by Crippen LogP contribution is 2.18. The summed E-state index contributed by atoms with van der Waals surface area (Å²) in [5.74, 6) is 1.20. The van der Waals surface area contributed by atoms with Crippen LogP contribution in [0.2, 0.25) is 0 Å². The molecule has 6 nitrogen and oxygen atoms in total. The minimum Gasteiger partial charge on any atom is -0.491 e. The molecule has 0 unspecified atom stereocenters. The van der Waals surface area contributed by atoms with Crippen LogP contribution < -0.4 is 15.0 Å². The fraction of sp³-hybridized carbons (Fsp3) is 0.261. The Hall–Kier alpha value is -3.41. The average Bonchev–Trinajstić information content (AvgIpc) is 2.74. The highest BCUT2D eigenvalue weighted by molar-refractivity contribution is 6.02. The predicted molar refractivity (Wildman–Crippen MR) is 115 cm³/mol. The molecule has 0 bridgehead atoms. The molecule has 3 rings (SSSR count). The van der Waals surface area contributed by atoms with E-state index in [4.69, 9.17) is 4.74 Å². The third kappa shape index (κ3) is 5.78. The summed E-state index contributed by atoms with van der Waals surface area (Å²) in [5.41, 5.74) is 2.14. The Morgan fingerprint density at radius 2 is 1.76 bits per heavy atom. The molecule has 2 aromatic carbocycles. The lowest BCUT2D eigenvalue weighted by atomic mass is 10.2. The molecule has 150 valence electrons. The van der Waals surface area contributed by atoms with E-state index in [2.05, 4.69) is 39.2 Å². The molecular weight excluding hydrogens is 364 g/mol. The van der Waals surface area contributed by atoms with E-state index in [-0.39, 0.29) is 17.7 Å². The number of rotatable bonds is 8. The van der Waals surface area contributed by atoms with Gasteiger partial charge in [0.15, 0.2) is 0 Å². The van der Waals surface area contributed by atoms with Crippen LogP contribution in [0.15, 0.2) is 67.0 Å². The minimum atomic E-state index is -0.298. The van der Waals surface area contributed by atoms with Crippen LogP contribution in [0.1, 0.15) is 36.8 Å². The number of amides is 1. The number of hydrogen-bond acceptors (Lipinski definition) is 5. The largest absolute Gasteiger partial charge is 0.491 e. The van der Waals surface area contributed by atoms with Crippen molar-refractivity contribution in [3.63, 3.8) is 0 Å². The SMILES string of the molecule is CCN(Cc1ccccc1)c1cnc(C(=O)Nc2ccc(OC(C)C)cc2)cn1. The highest BCUT2D eigenvalue weighted by atomic mass is 16.5. The first-order valence-electron chi connectivity index (χ1n) is 9.74. The molecule has 0 aliphatic carbocycles. The Morgan fingerprint density at radius 3 is 2.34 bits per heavy atom. The number of carbonyl (C=O) groups excluding carboxylic acids is 1. The van der Waals surface area contributed by atoms with Gasteiger partial charge in [0, 0.05) is 18.8 Å². The summed E-state index contributed by atoms with van der Waals surface area (Å²) in [6.07, 6.45) is 3.25. The summed E-state index contributed by atoms with van der Waals surface area (Å²) in [5, 5.41) is 2.83. The molecule has 0 aliphatic rings. The number of carbonyl (C=O) groups is 1. The van der Waals surface area contributed by atoms with E-state index in [0.29, 0.717) is 5.69 Å². The standard InChI is InChI=1S/C23H26N4O2/c1-4-27(16-18-8-6-5-7-9-18)22-15-24-21(14-25-22)23(28)26-19-10-12-20(13-11-19)29-17(2)3/h5-15,17H,4,16H2,1-3H3,(H,26,28). The van der Waals surface area contributed by atoms with Gasteiger partial charge in [0.05, 0.1) is 18.5 Å². The fourth-order valence-electron chi connectivity index (χ4n) is 2.84. The Kier molecular flexibility index (Phi) is 6.79. The van der Waals surface area contributed by atoms with Crippen molar-refractivity contribution in [1.29, 1.82) is 0 Å². The van der Waals surface area contributed by atoms with Crippen LogP contribution in [0.5, 0.6) is 5.75 Å². The zero-order valence-corrected chi connectivity index (χ0v) is 17.0. The molecule has 0 atom stereocenters. The molecule has 6 heteroatoms. The quantitative estimate of drug-likeness (QED) is 0.611. The van der Waals surface area contributed by atoms with Gasteiger partial charge < -0.3 is 15.0 Å². The summed E-state index contributed by atoms with van der Waals surface area (Å²) >= 11 is 0. The van der Waals surface area contributed by atoms with Crippen molar-refractivity contribution in [3.8, 4) is 5.75 Å². The number of ether oxygens (including phenoxy) is 1. The highest BCUT2D eigenvalue weighted by Gasteiger charge is 2.12. The molecule has 1 aromatic heterocycles. The number of anilines is 2. The molecule has 1 amide bonds. The van der Waals surface area contributed by atoms with Gasteiger partial charge in [0.2, 0.25) is 0 Å². The zero-order valence-electron chi connectivity index (χ0n) is 17.0. The van der Waals surface area contributed by atoms with Crippen LogP contribution >= 0.6 is 0 Å². The Labute approximate surface area is 171 Å². The Bertz CT molecular complexity index is 910. The average molecular weight is 390 g/mol. The number of nitrogens with one attached hydrogen (secondary N) is 1. The van der Waals surface area contributed by atoms with Gasteiger partial charge in [0.1, 0.15) is 17.3 Å². The second kappa shape index (κ2) is 9.68. The molecule has 1 heterocycles. The molecule has 0 aliphatic heterocycles. The number of benzene rings is 2. The Morgan fingerprint density at radius 1 is 1.03 bits per heavy atom. The smallest absolute Gasteiger partial charge is 0.275 e. The summed E-state index contributed by atoms with van der Waals surface area (Å²) in [6, 6.07) is 17.4. The Balaban J connectivity index is 1.63. The second-order valence-corrected chi connectivity index (χ2v) is 6.90. The van der Waals surface area contributed by atoms with Crippen LogP contribution in [0.3, 0.4) is 0 Å². The zero-order chi connectivity index (χ0) is 20.6. The van der Waals surface area contributed by atoms with Crippen LogP contribution in [-0.4, -0.2) is 28.5 Å². The van der Waals surface area contributed by atoms with Crippen LogP contribution in [0, 0.1) is 0 Å². The molecule has 0 radical (unpaired) electrons. The van der Waals surface area contributed by atoms with E-state index < -0.39 is 0 Å². The molecule has 29 heavy (non-hydrogen) atoms. The van der Waals surface area contributed by atoms with E-state index in [0.717, 1.165) is 24.7 Å². The molecule has 0 saturated heterocycles. The maximum Gasteiger partial charge on any atom is 0.275 e. The van der Waals surface area contributed by atoms with Crippen LogP contribution in [0.25, 0.3) is 0 Å². The van der Waals surface area contributed by atoms with E-state index in [1.807, 2.05) is 44.2 Å². The van der Waals surface area contributed by atoms with E-state index >= 15 is 0 Å². The molecule has 0 saturated carbocycles. The van der Waals surface area contributed by atoms with Crippen molar-refractivity contribution in [2.45, 2.75) is 33.4 Å². The predicted octanol–water partition coefficient (Wildman–Crippen LogP) is 4.54. The molecular formula is C23H26N4O2. The first-order valence-corrected chi connectivity index (χ1v) is 9.74. The van der Waals surface area contributed by atoms with Crippen molar-refractivity contribution in [3.05, 3.63) is 78.2 Å². The van der Waals surface area contributed by atoms with E-state index in [1.165, 1.54) is 11.8 Å². The molecule has 1 N–H and O–H groups in total. The molecule has 0 fully saturated rings.